The molecule has 0 fully saturated rings. The van der Waals surface area contributed by atoms with E-state index in [2.05, 4.69) is 21.2 Å². The predicted molar refractivity (Wildman–Crippen MR) is 76.5 cm³/mol. The number of halogens is 2. The zero-order valence-electron chi connectivity index (χ0n) is 10.9. The molecule has 4 nitrogen and oxygen atoms in total. The summed E-state index contributed by atoms with van der Waals surface area (Å²) in [5.41, 5.74) is 0.454. The van der Waals surface area contributed by atoms with Crippen LogP contribution in [0.1, 0.15) is 11.3 Å². The Bertz CT molecular complexity index is 587. The van der Waals surface area contributed by atoms with Crippen molar-refractivity contribution < 1.29 is 13.6 Å². The highest BCUT2D eigenvalue weighted by Gasteiger charge is 2.12. The van der Waals surface area contributed by atoms with Gasteiger partial charge >= 0.3 is 6.03 Å². The van der Waals surface area contributed by atoms with Gasteiger partial charge in [-0.15, -0.1) is 0 Å². The molecule has 1 aromatic carbocycles. The van der Waals surface area contributed by atoms with Crippen molar-refractivity contribution in [2.45, 2.75) is 13.1 Å². The number of hydrogen-bond donors (Lipinski definition) is 1. The SMILES string of the molecule is CN(Cc1cc(Br)ccc1F)C(=O)NCc1ccco1. The minimum absolute atomic E-state index is 0.190. The monoisotopic (exact) mass is 340 g/mol. The van der Waals surface area contributed by atoms with E-state index in [4.69, 9.17) is 4.42 Å². The molecule has 106 valence electrons. The lowest BCUT2D eigenvalue weighted by atomic mass is 10.2. The van der Waals surface area contributed by atoms with E-state index in [1.165, 1.54) is 11.0 Å². The van der Waals surface area contributed by atoms with Gasteiger partial charge in [0, 0.05) is 23.6 Å². The smallest absolute Gasteiger partial charge is 0.317 e. The van der Waals surface area contributed by atoms with E-state index in [1.807, 2.05) is 0 Å². The second-order valence-electron chi connectivity index (χ2n) is 4.33. The fourth-order valence-electron chi connectivity index (χ4n) is 1.70. The molecule has 2 rings (SSSR count). The highest BCUT2D eigenvalue weighted by molar-refractivity contribution is 9.10. The summed E-state index contributed by atoms with van der Waals surface area (Å²) < 4.78 is 19.5. The number of benzene rings is 1. The zero-order chi connectivity index (χ0) is 14.5. The second kappa shape index (κ2) is 6.56. The van der Waals surface area contributed by atoms with Gasteiger partial charge in [-0.25, -0.2) is 9.18 Å². The van der Waals surface area contributed by atoms with Crippen LogP contribution in [0.2, 0.25) is 0 Å². The first kappa shape index (κ1) is 14.6. The molecule has 6 heteroatoms. The van der Waals surface area contributed by atoms with E-state index in [9.17, 15) is 9.18 Å². The Morgan fingerprint density at radius 2 is 2.25 bits per heavy atom. The molecule has 0 aliphatic heterocycles. The molecule has 0 saturated heterocycles. The van der Waals surface area contributed by atoms with Crippen molar-refractivity contribution in [2.24, 2.45) is 0 Å². The van der Waals surface area contributed by atoms with Crippen molar-refractivity contribution in [3.05, 3.63) is 58.2 Å². The van der Waals surface area contributed by atoms with Gasteiger partial charge in [0.1, 0.15) is 11.6 Å². The van der Waals surface area contributed by atoms with Gasteiger partial charge in [0.2, 0.25) is 0 Å². The average molecular weight is 341 g/mol. The van der Waals surface area contributed by atoms with Crippen LogP contribution in [0.15, 0.2) is 45.5 Å². The molecule has 0 spiro atoms. The molecule has 1 N–H and O–H groups in total. The van der Waals surface area contributed by atoms with Gasteiger partial charge in [0.15, 0.2) is 0 Å². The standard InChI is InChI=1S/C14H14BrFN2O2/c1-18(9-10-7-11(15)4-5-13(10)16)14(19)17-8-12-3-2-6-20-12/h2-7H,8-9H2,1H3,(H,17,19). The third-order valence-corrected chi connectivity index (χ3v) is 3.25. The zero-order valence-corrected chi connectivity index (χ0v) is 12.5. The van der Waals surface area contributed by atoms with Crippen molar-refractivity contribution >= 4 is 22.0 Å². The topological polar surface area (TPSA) is 45.5 Å². The molecule has 0 bridgehead atoms. The molecule has 20 heavy (non-hydrogen) atoms. The summed E-state index contributed by atoms with van der Waals surface area (Å²) in [6.07, 6.45) is 1.54. The maximum Gasteiger partial charge on any atom is 0.317 e. The summed E-state index contributed by atoms with van der Waals surface area (Å²) in [5.74, 6) is 0.333. The first-order valence-corrected chi connectivity index (χ1v) is 6.81. The highest BCUT2D eigenvalue weighted by atomic mass is 79.9. The minimum atomic E-state index is -0.334. The van der Waals surface area contributed by atoms with Crippen LogP contribution in [0.25, 0.3) is 0 Å². The minimum Gasteiger partial charge on any atom is -0.467 e. The Morgan fingerprint density at radius 1 is 1.45 bits per heavy atom. The number of furan rings is 1. The van der Waals surface area contributed by atoms with Crippen molar-refractivity contribution in [1.29, 1.82) is 0 Å². The summed E-state index contributed by atoms with van der Waals surface area (Å²) >= 11 is 3.28. The van der Waals surface area contributed by atoms with Crippen LogP contribution < -0.4 is 5.32 Å². The summed E-state index contributed by atoms with van der Waals surface area (Å²) in [6, 6.07) is 7.88. The molecule has 1 aromatic heterocycles. The maximum absolute atomic E-state index is 13.6. The van der Waals surface area contributed by atoms with Crippen LogP contribution in [0, 0.1) is 5.82 Å². The number of carbonyl (C=O) groups is 1. The molecule has 0 aliphatic rings. The molecule has 0 unspecified atom stereocenters. The van der Waals surface area contributed by atoms with E-state index < -0.39 is 0 Å². The molecule has 2 aromatic rings. The first-order valence-electron chi connectivity index (χ1n) is 6.01. The largest absolute Gasteiger partial charge is 0.467 e. The predicted octanol–water partition coefficient (Wildman–Crippen LogP) is 3.52. The molecule has 0 radical (unpaired) electrons. The van der Waals surface area contributed by atoms with E-state index in [0.717, 1.165) is 4.47 Å². The van der Waals surface area contributed by atoms with Gasteiger partial charge in [0.05, 0.1) is 12.8 Å². The molecular weight excluding hydrogens is 327 g/mol. The number of nitrogens with one attached hydrogen (secondary N) is 1. The number of urea groups is 1. The molecule has 2 amide bonds. The van der Waals surface area contributed by atoms with Crippen LogP contribution in [0.3, 0.4) is 0 Å². The number of amides is 2. The van der Waals surface area contributed by atoms with Crippen LogP contribution >= 0.6 is 15.9 Å². The molecule has 0 atom stereocenters. The van der Waals surface area contributed by atoms with Gasteiger partial charge in [-0.05, 0) is 30.3 Å². The average Bonchev–Trinajstić information content (AvgIpc) is 2.93. The lowest BCUT2D eigenvalue weighted by molar-refractivity contribution is 0.205. The Kier molecular flexibility index (Phi) is 4.79. The van der Waals surface area contributed by atoms with Crippen LogP contribution in [0.5, 0.6) is 0 Å². The fourth-order valence-corrected chi connectivity index (χ4v) is 2.11. The highest BCUT2D eigenvalue weighted by Crippen LogP contribution is 2.16. The van der Waals surface area contributed by atoms with Gasteiger partial charge in [-0.2, -0.15) is 0 Å². The van der Waals surface area contributed by atoms with Crippen molar-refractivity contribution in [2.75, 3.05) is 7.05 Å². The van der Waals surface area contributed by atoms with E-state index in [0.29, 0.717) is 17.9 Å². The second-order valence-corrected chi connectivity index (χ2v) is 5.25. The van der Waals surface area contributed by atoms with Gasteiger partial charge in [0.25, 0.3) is 0 Å². The fraction of sp³-hybridized carbons (Fsp3) is 0.214. The molecule has 0 saturated carbocycles. The van der Waals surface area contributed by atoms with Crippen LogP contribution in [0.4, 0.5) is 9.18 Å². The Hall–Kier alpha value is -1.82. The van der Waals surface area contributed by atoms with Gasteiger partial charge in [-0.3, -0.25) is 0 Å². The molecular formula is C14H14BrFN2O2. The Labute approximate surface area is 124 Å². The van der Waals surface area contributed by atoms with E-state index in [1.54, 1.807) is 37.6 Å². The third kappa shape index (κ3) is 3.84. The van der Waals surface area contributed by atoms with E-state index in [-0.39, 0.29) is 18.4 Å². The number of nitrogens with zero attached hydrogens (tertiary/aromatic N) is 1. The summed E-state index contributed by atoms with van der Waals surface area (Å²) in [4.78, 5) is 13.3. The van der Waals surface area contributed by atoms with Gasteiger partial charge < -0.3 is 14.6 Å². The Morgan fingerprint density at radius 3 is 2.95 bits per heavy atom. The van der Waals surface area contributed by atoms with E-state index >= 15 is 0 Å². The molecule has 1 heterocycles. The summed E-state index contributed by atoms with van der Waals surface area (Å²) in [5, 5.41) is 2.70. The normalized spacial score (nSPS) is 10.3. The maximum atomic E-state index is 13.6. The Balaban J connectivity index is 1.92. The third-order valence-electron chi connectivity index (χ3n) is 2.76. The van der Waals surface area contributed by atoms with Crippen LogP contribution in [-0.4, -0.2) is 18.0 Å². The summed E-state index contributed by atoms with van der Waals surface area (Å²) in [7, 11) is 1.61. The van der Waals surface area contributed by atoms with Crippen LogP contribution in [-0.2, 0) is 13.1 Å². The molecule has 0 aliphatic carbocycles. The summed E-state index contributed by atoms with van der Waals surface area (Å²) in [6.45, 7) is 0.492. The number of hydrogen-bond acceptors (Lipinski definition) is 2. The first-order chi connectivity index (χ1) is 9.56. The van der Waals surface area contributed by atoms with Crippen molar-refractivity contribution in [3.63, 3.8) is 0 Å². The van der Waals surface area contributed by atoms with Crippen molar-refractivity contribution in [3.8, 4) is 0 Å². The lowest BCUT2D eigenvalue weighted by Gasteiger charge is -2.18. The van der Waals surface area contributed by atoms with Crippen molar-refractivity contribution in [1.82, 2.24) is 10.2 Å². The van der Waals surface area contributed by atoms with Gasteiger partial charge in [-0.1, -0.05) is 15.9 Å². The quantitative estimate of drug-likeness (QED) is 0.925. The lowest BCUT2D eigenvalue weighted by Crippen LogP contribution is -2.36. The number of carbonyl (C=O) groups excluding carboxylic acids is 1. The number of rotatable bonds is 4.